The molecule has 0 unspecified atom stereocenters. The van der Waals surface area contributed by atoms with E-state index in [-0.39, 0.29) is 0 Å². The van der Waals surface area contributed by atoms with Gasteiger partial charge in [-0.15, -0.1) is 0 Å². The van der Waals surface area contributed by atoms with Gasteiger partial charge in [-0.05, 0) is 6.42 Å². The third-order valence-corrected chi connectivity index (χ3v) is 1.92. The Morgan fingerprint density at radius 3 is 2.67 bits per heavy atom. The number of hydrogen-bond acceptors (Lipinski definition) is 3. The molecule has 0 atom stereocenters. The van der Waals surface area contributed by atoms with Crippen molar-refractivity contribution < 1.29 is 14.3 Å². The van der Waals surface area contributed by atoms with Crippen LogP contribution in [-0.4, -0.2) is 26.3 Å². The molecule has 0 fully saturated rings. The molecule has 0 N–H and O–H groups in total. The fraction of sp³-hybridized carbons (Fsp3) is 0.750. The molecule has 0 saturated carbocycles. The van der Waals surface area contributed by atoms with Gasteiger partial charge in [0.25, 0.3) is 0 Å². The van der Waals surface area contributed by atoms with Gasteiger partial charge in [0.2, 0.25) is 0 Å². The van der Waals surface area contributed by atoms with Crippen LogP contribution in [0.3, 0.4) is 0 Å². The maximum atomic E-state index is 9.95. The highest BCUT2D eigenvalue weighted by Crippen LogP contribution is 1.98. The van der Waals surface area contributed by atoms with E-state index in [9.17, 15) is 4.79 Å². The molecule has 0 aromatic carbocycles. The number of hydrogen-bond donors (Lipinski definition) is 0. The molecule has 0 aromatic rings. The first-order chi connectivity index (χ1) is 7.41. The number of rotatable bonds is 11. The summed E-state index contributed by atoms with van der Waals surface area (Å²) in [6, 6.07) is 0. The van der Waals surface area contributed by atoms with Crippen molar-refractivity contribution in [3.63, 3.8) is 0 Å². The lowest BCUT2D eigenvalue weighted by atomic mass is 10.2. The van der Waals surface area contributed by atoms with Crippen molar-refractivity contribution in [1.29, 1.82) is 0 Å². The first-order valence-corrected chi connectivity index (χ1v) is 5.66. The summed E-state index contributed by atoms with van der Waals surface area (Å²) in [6.07, 6.45) is 9.80. The maximum Gasteiger partial charge on any atom is 0.147 e. The number of unbranched alkanes of at least 4 members (excludes halogenated alkanes) is 3. The Bertz CT molecular complexity index is 155. The van der Waals surface area contributed by atoms with Gasteiger partial charge in [-0.2, -0.15) is 0 Å². The zero-order chi connectivity index (χ0) is 11.2. The van der Waals surface area contributed by atoms with Crippen LogP contribution in [0.5, 0.6) is 0 Å². The Balaban J connectivity index is 2.95. The second-order valence-corrected chi connectivity index (χ2v) is 3.33. The van der Waals surface area contributed by atoms with E-state index >= 15 is 0 Å². The van der Waals surface area contributed by atoms with Crippen LogP contribution < -0.4 is 0 Å². The van der Waals surface area contributed by atoms with Crippen LogP contribution >= 0.6 is 0 Å². The van der Waals surface area contributed by atoms with Gasteiger partial charge in [0.1, 0.15) is 13.1 Å². The molecule has 0 heterocycles. The Kier molecular flexibility index (Phi) is 12.7. The van der Waals surface area contributed by atoms with Crippen LogP contribution in [0.2, 0.25) is 0 Å². The van der Waals surface area contributed by atoms with E-state index in [1.807, 2.05) is 6.08 Å². The lowest BCUT2D eigenvalue weighted by Crippen LogP contribution is -2.01. The summed E-state index contributed by atoms with van der Waals surface area (Å²) in [4.78, 5) is 9.95. The second kappa shape index (κ2) is 13.3. The molecule has 3 heteroatoms. The summed E-state index contributed by atoms with van der Waals surface area (Å²) in [5, 5.41) is 0. The smallest absolute Gasteiger partial charge is 0.147 e. The van der Waals surface area contributed by atoms with Gasteiger partial charge < -0.3 is 14.3 Å². The molecule has 0 saturated heterocycles. The topological polar surface area (TPSA) is 35.5 Å². The highest BCUT2D eigenvalue weighted by molar-refractivity contribution is 5.51. The minimum atomic E-state index is 0.345. The van der Waals surface area contributed by atoms with Crippen LogP contribution in [0.4, 0.5) is 0 Å². The minimum Gasteiger partial charge on any atom is -0.355 e. The van der Waals surface area contributed by atoms with E-state index in [1.165, 1.54) is 19.3 Å². The highest BCUT2D eigenvalue weighted by Gasteiger charge is 1.88. The summed E-state index contributed by atoms with van der Waals surface area (Å²) in [5.41, 5.74) is 0. The molecule has 88 valence electrons. The number of aldehydes is 1. The molecule has 0 aliphatic rings. The molecule has 0 bridgehead atoms. The molecule has 3 nitrogen and oxygen atoms in total. The molecule has 0 radical (unpaired) electrons. The van der Waals surface area contributed by atoms with Gasteiger partial charge in [-0.25, -0.2) is 0 Å². The van der Waals surface area contributed by atoms with Gasteiger partial charge in [0, 0.05) is 13.0 Å². The molecule has 0 rings (SSSR count). The third kappa shape index (κ3) is 13.3. The number of carbonyl (C=O) groups excluding carboxylic acids is 1. The first kappa shape index (κ1) is 14.3. The van der Waals surface area contributed by atoms with Crippen molar-refractivity contribution in [2.75, 3.05) is 20.0 Å². The zero-order valence-electron chi connectivity index (χ0n) is 9.61. The zero-order valence-corrected chi connectivity index (χ0v) is 9.61. The first-order valence-electron chi connectivity index (χ1n) is 5.66. The summed E-state index contributed by atoms with van der Waals surface area (Å²) >= 11 is 0. The molecule has 15 heavy (non-hydrogen) atoms. The molecular formula is C12H22O3. The summed E-state index contributed by atoms with van der Waals surface area (Å²) in [6.45, 7) is 3.83. The summed E-state index contributed by atoms with van der Waals surface area (Å²) < 4.78 is 10.4. The Morgan fingerprint density at radius 1 is 1.07 bits per heavy atom. The molecule has 0 aliphatic carbocycles. The quantitative estimate of drug-likeness (QED) is 0.229. The summed E-state index contributed by atoms with van der Waals surface area (Å²) in [7, 11) is 0. The minimum absolute atomic E-state index is 0.345. The van der Waals surface area contributed by atoms with E-state index in [4.69, 9.17) is 9.47 Å². The number of ether oxygens (including phenoxy) is 2. The van der Waals surface area contributed by atoms with E-state index in [0.717, 1.165) is 19.3 Å². The average Bonchev–Trinajstić information content (AvgIpc) is 2.26. The average molecular weight is 214 g/mol. The van der Waals surface area contributed by atoms with Gasteiger partial charge in [0.15, 0.2) is 0 Å². The largest absolute Gasteiger partial charge is 0.355 e. The molecule has 0 amide bonds. The third-order valence-electron chi connectivity index (χ3n) is 1.92. The standard InChI is InChI=1S/C12H22O3/c1-2-3-4-7-10-14-12-15-11-8-5-6-9-13/h5,8-9H,2-4,6-7,10-12H2,1H3. The highest BCUT2D eigenvalue weighted by atomic mass is 16.7. The van der Waals surface area contributed by atoms with Crippen LogP contribution in [0.15, 0.2) is 12.2 Å². The van der Waals surface area contributed by atoms with Gasteiger partial charge in [-0.1, -0.05) is 38.3 Å². The lowest BCUT2D eigenvalue weighted by Gasteiger charge is -2.03. The maximum absolute atomic E-state index is 9.95. The van der Waals surface area contributed by atoms with Crippen molar-refractivity contribution in [3.05, 3.63) is 12.2 Å². The van der Waals surface area contributed by atoms with Crippen LogP contribution in [0, 0.1) is 0 Å². The van der Waals surface area contributed by atoms with Crippen LogP contribution in [-0.2, 0) is 14.3 Å². The SMILES string of the molecule is CCCCCCOCOCC=CCC=O. The molecule has 0 spiro atoms. The summed E-state index contributed by atoms with van der Waals surface area (Å²) in [5.74, 6) is 0. The molecular weight excluding hydrogens is 192 g/mol. The molecule has 0 aliphatic heterocycles. The monoisotopic (exact) mass is 214 g/mol. The fourth-order valence-electron chi connectivity index (χ4n) is 1.08. The van der Waals surface area contributed by atoms with Crippen molar-refractivity contribution in [3.8, 4) is 0 Å². The van der Waals surface area contributed by atoms with Crippen molar-refractivity contribution in [2.24, 2.45) is 0 Å². The molecule has 0 aromatic heterocycles. The Hall–Kier alpha value is -0.670. The Morgan fingerprint density at radius 2 is 1.93 bits per heavy atom. The Labute approximate surface area is 92.5 Å². The van der Waals surface area contributed by atoms with E-state index in [1.54, 1.807) is 6.08 Å². The normalized spacial score (nSPS) is 11.0. The van der Waals surface area contributed by atoms with E-state index in [0.29, 0.717) is 19.8 Å². The fourth-order valence-corrected chi connectivity index (χ4v) is 1.08. The van der Waals surface area contributed by atoms with Crippen molar-refractivity contribution in [1.82, 2.24) is 0 Å². The predicted octanol–water partition coefficient (Wildman–Crippen LogP) is 2.70. The van der Waals surface area contributed by atoms with E-state index < -0.39 is 0 Å². The van der Waals surface area contributed by atoms with Gasteiger partial charge in [0.05, 0.1) is 6.61 Å². The number of carbonyl (C=O) groups is 1. The van der Waals surface area contributed by atoms with Crippen molar-refractivity contribution in [2.45, 2.75) is 39.0 Å². The second-order valence-electron chi connectivity index (χ2n) is 3.33. The van der Waals surface area contributed by atoms with Crippen molar-refractivity contribution >= 4 is 6.29 Å². The van der Waals surface area contributed by atoms with Gasteiger partial charge in [-0.3, -0.25) is 0 Å². The van der Waals surface area contributed by atoms with Crippen LogP contribution in [0.1, 0.15) is 39.0 Å². The van der Waals surface area contributed by atoms with E-state index in [2.05, 4.69) is 6.92 Å². The number of allylic oxidation sites excluding steroid dienone is 1. The van der Waals surface area contributed by atoms with Crippen LogP contribution in [0.25, 0.3) is 0 Å². The lowest BCUT2D eigenvalue weighted by molar-refractivity contribution is -0.107. The predicted molar refractivity (Wildman–Crippen MR) is 60.7 cm³/mol. The van der Waals surface area contributed by atoms with Gasteiger partial charge >= 0.3 is 0 Å².